The molecule has 1 aliphatic rings. The summed E-state index contributed by atoms with van der Waals surface area (Å²) in [6.07, 6.45) is 6.20. The highest BCUT2D eigenvalue weighted by Gasteiger charge is 2.28. The topological polar surface area (TPSA) is 104 Å². The number of benzene rings is 1. The van der Waals surface area contributed by atoms with Crippen LogP contribution in [0.15, 0.2) is 42.9 Å². The third-order valence-corrected chi connectivity index (χ3v) is 5.17. The Labute approximate surface area is 176 Å². The van der Waals surface area contributed by atoms with Gasteiger partial charge in [-0.3, -0.25) is 19.4 Å². The van der Waals surface area contributed by atoms with Crippen molar-refractivity contribution in [1.29, 1.82) is 0 Å². The van der Waals surface area contributed by atoms with Crippen molar-refractivity contribution in [2.45, 2.75) is 45.2 Å². The van der Waals surface area contributed by atoms with Gasteiger partial charge >= 0.3 is 0 Å². The van der Waals surface area contributed by atoms with Crippen LogP contribution >= 0.6 is 0 Å². The molecule has 1 aromatic heterocycles. The number of piperidine rings is 1. The van der Waals surface area contributed by atoms with Gasteiger partial charge in [0.2, 0.25) is 11.8 Å². The number of hydrogen-bond acceptors (Lipinski definition) is 5. The zero-order valence-corrected chi connectivity index (χ0v) is 17.3. The summed E-state index contributed by atoms with van der Waals surface area (Å²) >= 11 is 0. The van der Waals surface area contributed by atoms with E-state index in [1.54, 1.807) is 4.90 Å². The van der Waals surface area contributed by atoms with E-state index in [1.807, 2.05) is 31.2 Å². The molecule has 8 nitrogen and oxygen atoms in total. The Hall–Kier alpha value is -3.29. The number of likely N-dealkylation sites (tertiary alicyclic amines) is 1. The van der Waals surface area contributed by atoms with Crippen molar-refractivity contribution >= 4 is 17.7 Å². The first-order chi connectivity index (χ1) is 14.4. The quantitative estimate of drug-likeness (QED) is 0.747. The SMILES string of the molecule is CC(=O)N[C@H](Cc1ccc(C)cc1)C(=O)NC1CCN(C(=O)c2cnccn2)CC1. The number of carbonyl (C=O) groups excluding carboxylic acids is 3. The number of hydrogen-bond donors (Lipinski definition) is 2. The molecule has 8 heteroatoms. The molecule has 0 aliphatic carbocycles. The molecule has 1 fully saturated rings. The number of aromatic nitrogens is 2. The number of nitrogens with zero attached hydrogens (tertiary/aromatic N) is 3. The minimum atomic E-state index is -0.635. The molecule has 0 spiro atoms. The van der Waals surface area contributed by atoms with Gasteiger partial charge in [0.25, 0.3) is 5.91 Å². The molecule has 0 radical (unpaired) electrons. The maximum Gasteiger partial charge on any atom is 0.274 e. The van der Waals surface area contributed by atoms with Crippen molar-refractivity contribution in [3.05, 3.63) is 59.7 Å². The van der Waals surface area contributed by atoms with Crippen LogP contribution in [0, 0.1) is 6.92 Å². The Bertz CT molecular complexity index is 877. The zero-order chi connectivity index (χ0) is 21.5. The average Bonchev–Trinajstić information content (AvgIpc) is 2.75. The van der Waals surface area contributed by atoms with Crippen LogP contribution in [0.5, 0.6) is 0 Å². The number of amides is 3. The number of carbonyl (C=O) groups is 3. The molecule has 3 rings (SSSR count). The third-order valence-electron chi connectivity index (χ3n) is 5.17. The monoisotopic (exact) mass is 409 g/mol. The van der Waals surface area contributed by atoms with Crippen molar-refractivity contribution < 1.29 is 14.4 Å². The highest BCUT2D eigenvalue weighted by atomic mass is 16.2. The second-order valence-electron chi connectivity index (χ2n) is 7.61. The fraction of sp³-hybridized carbons (Fsp3) is 0.409. The van der Waals surface area contributed by atoms with Crippen molar-refractivity contribution in [3.8, 4) is 0 Å². The number of aryl methyl sites for hydroxylation is 1. The maximum atomic E-state index is 12.8. The van der Waals surface area contributed by atoms with E-state index in [1.165, 1.54) is 25.5 Å². The molecule has 0 unspecified atom stereocenters. The van der Waals surface area contributed by atoms with Crippen LogP contribution in [-0.4, -0.2) is 57.8 Å². The summed E-state index contributed by atoms with van der Waals surface area (Å²) in [5.74, 6) is -0.598. The molecule has 2 heterocycles. The maximum absolute atomic E-state index is 12.8. The van der Waals surface area contributed by atoms with E-state index < -0.39 is 6.04 Å². The Balaban J connectivity index is 1.55. The van der Waals surface area contributed by atoms with Gasteiger partial charge in [-0.25, -0.2) is 4.98 Å². The molecule has 1 aromatic carbocycles. The minimum Gasteiger partial charge on any atom is -0.351 e. The van der Waals surface area contributed by atoms with Gasteiger partial charge < -0.3 is 15.5 Å². The number of rotatable bonds is 6. The van der Waals surface area contributed by atoms with Crippen molar-refractivity contribution in [1.82, 2.24) is 25.5 Å². The van der Waals surface area contributed by atoms with Crippen LogP contribution in [0.3, 0.4) is 0 Å². The largest absolute Gasteiger partial charge is 0.351 e. The molecule has 1 atom stereocenters. The van der Waals surface area contributed by atoms with Crippen molar-refractivity contribution in [3.63, 3.8) is 0 Å². The summed E-state index contributed by atoms with van der Waals surface area (Å²) in [5, 5.41) is 5.79. The predicted octanol–water partition coefficient (Wildman–Crippen LogP) is 1.25. The Morgan fingerprint density at radius 2 is 1.83 bits per heavy atom. The summed E-state index contributed by atoms with van der Waals surface area (Å²) in [6, 6.07) is 7.23. The van der Waals surface area contributed by atoms with Crippen LogP contribution in [0.4, 0.5) is 0 Å². The average molecular weight is 409 g/mol. The van der Waals surface area contributed by atoms with Crippen LogP contribution < -0.4 is 10.6 Å². The highest BCUT2D eigenvalue weighted by Crippen LogP contribution is 2.14. The summed E-state index contributed by atoms with van der Waals surface area (Å²) in [7, 11) is 0. The van der Waals surface area contributed by atoms with Crippen LogP contribution in [-0.2, 0) is 16.0 Å². The first-order valence-corrected chi connectivity index (χ1v) is 10.1. The lowest BCUT2D eigenvalue weighted by atomic mass is 10.0. The molecule has 0 saturated carbocycles. The first kappa shape index (κ1) is 21.4. The van der Waals surface area contributed by atoms with Gasteiger partial charge in [0.15, 0.2) is 0 Å². The van der Waals surface area contributed by atoms with E-state index in [4.69, 9.17) is 0 Å². The summed E-state index contributed by atoms with van der Waals surface area (Å²) in [5.41, 5.74) is 2.45. The fourth-order valence-corrected chi connectivity index (χ4v) is 3.51. The second-order valence-corrected chi connectivity index (χ2v) is 7.61. The lowest BCUT2D eigenvalue weighted by Crippen LogP contribution is -2.53. The van der Waals surface area contributed by atoms with E-state index in [0.717, 1.165) is 11.1 Å². The van der Waals surface area contributed by atoms with E-state index in [2.05, 4.69) is 20.6 Å². The molecule has 2 N–H and O–H groups in total. The normalized spacial score (nSPS) is 15.3. The summed E-state index contributed by atoms with van der Waals surface area (Å²) in [6.45, 7) is 4.47. The number of nitrogens with one attached hydrogen (secondary N) is 2. The molecule has 1 aliphatic heterocycles. The van der Waals surface area contributed by atoms with Crippen molar-refractivity contribution in [2.75, 3.05) is 13.1 Å². The first-order valence-electron chi connectivity index (χ1n) is 10.1. The third kappa shape index (κ3) is 5.85. The van der Waals surface area contributed by atoms with Crippen LogP contribution in [0.2, 0.25) is 0 Å². The van der Waals surface area contributed by atoms with Gasteiger partial charge in [0.05, 0.1) is 6.20 Å². The smallest absolute Gasteiger partial charge is 0.274 e. The lowest BCUT2D eigenvalue weighted by molar-refractivity contribution is -0.128. The second kappa shape index (κ2) is 9.96. The highest BCUT2D eigenvalue weighted by molar-refractivity contribution is 5.92. The van der Waals surface area contributed by atoms with Gasteiger partial charge in [0, 0.05) is 44.9 Å². The van der Waals surface area contributed by atoms with Crippen LogP contribution in [0.25, 0.3) is 0 Å². The van der Waals surface area contributed by atoms with Gasteiger partial charge in [-0.2, -0.15) is 0 Å². The van der Waals surface area contributed by atoms with E-state index in [0.29, 0.717) is 38.0 Å². The fourth-order valence-electron chi connectivity index (χ4n) is 3.51. The Morgan fingerprint density at radius 3 is 2.43 bits per heavy atom. The van der Waals surface area contributed by atoms with Crippen LogP contribution in [0.1, 0.15) is 41.4 Å². The Morgan fingerprint density at radius 1 is 1.13 bits per heavy atom. The molecular weight excluding hydrogens is 382 g/mol. The van der Waals surface area contributed by atoms with Gasteiger partial charge in [-0.15, -0.1) is 0 Å². The molecule has 3 amide bonds. The van der Waals surface area contributed by atoms with E-state index in [9.17, 15) is 14.4 Å². The molecule has 1 saturated heterocycles. The van der Waals surface area contributed by atoms with E-state index >= 15 is 0 Å². The summed E-state index contributed by atoms with van der Waals surface area (Å²) < 4.78 is 0. The standard InChI is InChI=1S/C22H27N5O3/c1-15-3-5-17(6-4-15)13-19(25-16(2)28)21(29)26-18-7-11-27(12-8-18)22(30)20-14-23-9-10-24-20/h3-6,9-10,14,18-19H,7-8,11-13H2,1-2H3,(H,25,28)(H,26,29)/t19-/m1/s1. The molecule has 0 bridgehead atoms. The summed E-state index contributed by atoms with van der Waals surface area (Å²) in [4.78, 5) is 46.6. The minimum absolute atomic E-state index is 0.0438. The molecule has 158 valence electrons. The van der Waals surface area contributed by atoms with E-state index in [-0.39, 0.29) is 23.8 Å². The Kier molecular flexibility index (Phi) is 7.11. The zero-order valence-electron chi connectivity index (χ0n) is 17.3. The molecular formula is C22H27N5O3. The van der Waals surface area contributed by atoms with Gasteiger partial charge in [-0.05, 0) is 25.3 Å². The van der Waals surface area contributed by atoms with Gasteiger partial charge in [0.1, 0.15) is 11.7 Å². The molecule has 2 aromatic rings. The van der Waals surface area contributed by atoms with Crippen molar-refractivity contribution in [2.24, 2.45) is 0 Å². The lowest BCUT2D eigenvalue weighted by Gasteiger charge is -2.33. The predicted molar refractivity (Wildman–Crippen MR) is 112 cm³/mol. The molecule has 30 heavy (non-hydrogen) atoms. The van der Waals surface area contributed by atoms with Gasteiger partial charge in [-0.1, -0.05) is 29.8 Å².